The van der Waals surface area contributed by atoms with Gasteiger partial charge in [0.15, 0.2) is 0 Å². The molecule has 0 aliphatic carbocycles. The molecule has 1 heterocycles. The normalized spacial score (nSPS) is 18.8. The maximum atomic E-state index is 13.0. The van der Waals surface area contributed by atoms with Crippen molar-refractivity contribution in [2.75, 3.05) is 7.05 Å². The van der Waals surface area contributed by atoms with Gasteiger partial charge in [0.2, 0.25) is 5.91 Å². The number of likely N-dealkylation sites (N-methyl/N-ethyl adjacent to an activating group) is 1. The van der Waals surface area contributed by atoms with E-state index in [4.69, 9.17) is 5.73 Å². The van der Waals surface area contributed by atoms with Gasteiger partial charge in [-0.25, -0.2) is 5.01 Å². The summed E-state index contributed by atoms with van der Waals surface area (Å²) in [6.45, 7) is 7.63. The topological polar surface area (TPSA) is 95.7 Å². The number of hydrogen-bond acceptors (Lipinski definition) is 4. The molecule has 2 atom stereocenters. The number of nitrogens with two attached hydrogens (primary N) is 1. The Hall–Kier alpha value is -2.41. The number of benzene rings is 1. The maximum absolute atomic E-state index is 13.0. The highest BCUT2D eigenvalue weighted by atomic mass is 16.2. The Bertz CT molecular complexity index is 702. The Morgan fingerprint density at radius 2 is 1.81 bits per heavy atom. The summed E-state index contributed by atoms with van der Waals surface area (Å²) in [6.07, 6.45) is 0.515. The van der Waals surface area contributed by atoms with Gasteiger partial charge in [0.1, 0.15) is 6.04 Å². The molecule has 0 radical (unpaired) electrons. The fraction of sp³-hybridized carbons (Fsp3) is 0.526. The summed E-state index contributed by atoms with van der Waals surface area (Å²) in [5, 5.41) is 5.43. The van der Waals surface area contributed by atoms with Crippen LogP contribution in [0.4, 0.5) is 0 Å². The lowest BCUT2D eigenvalue weighted by Gasteiger charge is -2.34. The predicted molar refractivity (Wildman–Crippen MR) is 98.8 cm³/mol. The Morgan fingerprint density at radius 3 is 2.38 bits per heavy atom. The van der Waals surface area contributed by atoms with Crippen molar-refractivity contribution in [1.82, 2.24) is 15.3 Å². The van der Waals surface area contributed by atoms with Crippen LogP contribution in [-0.4, -0.2) is 46.9 Å². The molecule has 1 aromatic rings. The van der Waals surface area contributed by atoms with Gasteiger partial charge in [0.25, 0.3) is 11.8 Å². The van der Waals surface area contributed by atoms with Crippen LogP contribution in [0.25, 0.3) is 0 Å². The van der Waals surface area contributed by atoms with E-state index in [2.05, 4.69) is 5.32 Å². The molecule has 7 nitrogen and oxygen atoms in total. The monoisotopic (exact) mass is 360 g/mol. The third-order valence-electron chi connectivity index (χ3n) is 4.44. The Kier molecular flexibility index (Phi) is 6.02. The molecule has 0 saturated carbocycles. The third kappa shape index (κ3) is 3.88. The SMILES string of the molecule is CC(C)C[C@H](N)C(=O)N[C@H]1C(=O)N(C)N(C(C)C)C(=O)c2ccccc21. The van der Waals surface area contributed by atoms with Crippen molar-refractivity contribution in [3.8, 4) is 0 Å². The first kappa shape index (κ1) is 19.9. The second kappa shape index (κ2) is 7.86. The Morgan fingerprint density at radius 1 is 1.19 bits per heavy atom. The molecule has 142 valence electrons. The van der Waals surface area contributed by atoms with E-state index < -0.39 is 18.0 Å². The number of carbonyl (C=O) groups excluding carboxylic acids is 3. The molecule has 0 bridgehead atoms. The van der Waals surface area contributed by atoms with E-state index in [9.17, 15) is 14.4 Å². The summed E-state index contributed by atoms with van der Waals surface area (Å²) in [6, 6.07) is 5.00. The minimum absolute atomic E-state index is 0.206. The van der Waals surface area contributed by atoms with E-state index in [1.54, 1.807) is 31.3 Å². The number of nitrogens with zero attached hydrogens (tertiary/aromatic N) is 2. The van der Waals surface area contributed by atoms with Crippen LogP contribution < -0.4 is 11.1 Å². The van der Waals surface area contributed by atoms with Crippen LogP contribution in [0.3, 0.4) is 0 Å². The fourth-order valence-corrected chi connectivity index (χ4v) is 3.21. The van der Waals surface area contributed by atoms with Crippen LogP contribution in [0, 0.1) is 5.92 Å². The predicted octanol–water partition coefficient (Wildman–Crippen LogP) is 1.45. The first-order valence-corrected chi connectivity index (χ1v) is 8.91. The van der Waals surface area contributed by atoms with Crippen molar-refractivity contribution in [3.63, 3.8) is 0 Å². The Balaban J connectivity index is 2.42. The van der Waals surface area contributed by atoms with Gasteiger partial charge < -0.3 is 11.1 Å². The highest BCUT2D eigenvalue weighted by Crippen LogP contribution is 2.27. The van der Waals surface area contributed by atoms with Gasteiger partial charge in [-0.15, -0.1) is 0 Å². The smallest absolute Gasteiger partial charge is 0.273 e. The van der Waals surface area contributed by atoms with Crippen molar-refractivity contribution in [3.05, 3.63) is 35.4 Å². The molecular weight excluding hydrogens is 332 g/mol. The summed E-state index contributed by atoms with van der Waals surface area (Å²) < 4.78 is 0. The summed E-state index contributed by atoms with van der Waals surface area (Å²) in [5.74, 6) is -0.781. The van der Waals surface area contributed by atoms with Crippen molar-refractivity contribution in [2.45, 2.75) is 52.2 Å². The molecule has 2 rings (SSSR count). The van der Waals surface area contributed by atoms with Gasteiger partial charge >= 0.3 is 0 Å². The van der Waals surface area contributed by atoms with E-state index >= 15 is 0 Å². The lowest BCUT2D eigenvalue weighted by atomic mass is 9.98. The number of hydrogen-bond donors (Lipinski definition) is 2. The zero-order valence-corrected chi connectivity index (χ0v) is 16.0. The minimum Gasteiger partial charge on any atom is -0.339 e. The molecule has 1 aromatic carbocycles. The highest BCUT2D eigenvalue weighted by molar-refractivity contribution is 6.02. The molecule has 0 unspecified atom stereocenters. The van der Waals surface area contributed by atoms with Crippen molar-refractivity contribution in [1.29, 1.82) is 0 Å². The molecule has 0 spiro atoms. The molecule has 0 aromatic heterocycles. The molecule has 1 aliphatic heterocycles. The summed E-state index contributed by atoms with van der Waals surface area (Å²) in [4.78, 5) is 38.5. The third-order valence-corrected chi connectivity index (χ3v) is 4.44. The fourth-order valence-electron chi connectivity index (χ4n) is 3.21. The number of rotatable bonds is 5. The molecule has 26 heavy (non-hydrogen) atoms. The van der Waals surface area contributed by atoms with Crippen molar-refractivity contribution >= 4 is 17.7 Å². The van der Waals surface area contributed by atoms with E-state index in [1.165, 1.54) is 10.0 Å². The average Bonchev–Trinajstić information content (AvgIpc) is 2.64. The van der Waals surface area contributed by atoms with Crippen LogP contribution in [0.5, 0.6) is 0 Å². The summed E-state index contributed by atoms with van der Waals surface area (Å²) in [7, 11) is 1.54. The zero-order valence-electron chi connectivity index (χ0n) is 16.0. The molecular formula is C19H28N4O3. The van der Waals surface area contributed by atoms with Crippen LogP contribution in [0.1, 0.15) is 56.1 Å². The number of hydrazine groups is 1. The zero-order chi connectivity index (χ0) is 19.6. The van der Waals surface area contributed by atoms with Crippen LogP contribution in [0.2, 0.25) is 0 Å². The molecule has 1 aliphatic rings. The first-order chi connectivity index (χ1) is 12.1. The number of fused-ring (bicyclic) bond motifs is 1. The second-order valence-corrected chi connectivity index (χ2v) is 7.37. The lowest BCUT2D eigenvalue weighted by molar-refractivity contribution is -0.147. The van der Waals surface area contributed by atoms with E-state index in [1.807, 2.05) is 27.7 Å². The largest absolute Gasteiger partial charge is 0.339 e. The molecule has 0 saturated heterocycles. The lowest BCUT2D eigenvalue weighted by Crippen LogP contribution is -2.53. The molecule has 3 N–H and O–H groups in total. The van der Waals surface area contributed by atoms with Gasteiger partial charge in [-0.1, -0.05) is 32.0 Å². The Labute approximate surface area is 154 Å². The van der Waals surface area contributed by atoms with Gasteiger partial charge in [0.05, 0.1) is 6.04 Å². The second-order valence-electron chi connectivity index (χ2n) is 7.37. The number of carbonyl (C=O) groups is 3. The van der Waals surface area contributed by atoms with Crippen molar-refractivity contribution in [2.24, 2.45) is 11.7 Å². The molecule has 7 heteroatoms. The van der Waals surface area contributed by atoms with E-state index in [0.717, 1.165) is 0 Å². The number of nitrogens with one attached hydrogen (secondary N) is 1. The molecule has 0 fully saturated rings. The van der Waals surface area contributed by atoms with E-state index in [-0.39, 0.29) is 23.8 Å². The van der Waals surface area contributed by atoms with Gasteiger partial charge in [-0.3, -0.25) is 19.4 Å². The van der Waals surface area contributed by atoms with Gasteiger partial charge in [-0.05, 0) is 37.8 Å². The maximum Gasteiger partial charge on any atom is 0.273 e. The first-order valence-electron chi connectivity index (χ1n) is 8.91. The average molecular weight is 360 g/mol. The van der Waals surface area contributed by atoms with Gasteiger partial charge in [-0.2, -0.15) is 0 Å². The standard InChI is InChI=1S/C19H28N4O3/c1-11(2)10-15(20)17(24)21-16-13-8-6-7-9-14(13)18(25)23(12(3)4)22(5)19(16)26/h6-9,11-12,15-16H,10,20H2,1-5H3,(H,21,24)/t15-,16+/m0/s1. The van der Waals surface area contributed by atoms with Gasteiger partial charge in [0, 0.05) is 18.7 Å². The van der Waals surface area contributed by atoms with E-state index in [0.29, 0.717) is 17.5 Å². The van der Waals surface area contributed by atoms with Crippen LogP contribution >= 0.6 is 0 Å². The number of amides is 3. The van der Waals surface area contributed by atoms with Crippen LogP contribution in [-0.2, 0) is 9.59 Å². The van der Waals surface area contributed by atoms with Crippen molar-refractivity contribution < 1.29 is 14.4 Å². The minimum atomic E-state index is -0.949. The summed E-state index contributed by atoms with van der Waals surface area (Å²) in [5.41, 5.74) is 6.86. The summed E-state index contributed by atoms with van der Waals surface area (Å²) >= 11 is 0. The quantitative estimate of drug-likeness (QED) is 0.831. The highest BCUT2D eigenvalue weighted by Gasteiger charge is 2.39. The van der Waals surface area contributed by atoms with Crippen LogP contribution in [0.15, 0.2) is 24.3 Å². The molecule has 3 amide bonds.